The number of hydrogen-bond donors (Lipinski definition) is 1. The molecule has 6 heteroatoms. The summed E-state index contributed by atoms with van der Waals surface area (Å²) < 4.78 is 10.7. The molecule has 5 rings (SSSR count). The smallest absolute Gasteiger partial charge is 0.255 e. The summed E-state index contributed by atoms with van der Waals surface area (Å²) in [5, 5.41) is 2.98. The molecule has 150 valence electrons. The van der Waals surface area contributed by atoms with Crippen LogP contribution in [0, 0.1) is 0 Å². The molecule has 0 saturated carbocycles. The molecule has 1 atom stereocenters. The van der Waals surface area contributed by atoms with Crippen LogP contribution in [0.25, 0.3) is 0 Å². The molecule has 2 amide bonds. The van der Waals surface area contributed by atoms with Gasteiger partial charge < -0.3 is 19.7 Å². The highest BCUT2D eigenvalue weighted by atomic mass is 16.7. The van der Waals surface area contributed by atoms with Crippen LogP contribution in [0.1, 0.15) is 33.1 Å². The minimum Gasteiger partial charge on any atom is -0.454 e. The lowest BCUT2D eigenvalue weighted by Crippen LogP contribution is -2.40. The van der Waals surface area contributed by atoms with Crippen LogP contribution in [-0.4, -0.2) is 23.5 Å². The first-order valence-electron chi connectivity index (χ1n) is 9.81. The Morgan fingerprint density at radius 2 is 1.73 bits per heavy atom. The summed E-state index contributed by atoms with van der Waals surface area (Å²) in [6, 6.07) is 21.8. The van der Waals surface area contributed by atoms with Gasteiger partial charge in [0.1, 0.15) is 6.04 Å². The van der Waals surface area contributed by atoms with Crippen molar-refractivity contribution in [2.75, 3.05) is 6.79 Å². The lowest BCUT2D eigenvalue weighted by molar-refractivity contribution is -0.126. The second kappa shape index (κ2) is 7.55. The number of benzene rings is 3. The van der Waals surface area contributed by atoms with Crippen molar-refractivity contribution < 1.29 is 19.1 Å². The first kappa shape index (κ1) is 18.2. The van der Waals surface area contributed by atoms with Gasteiger partial charge in [-0.05, 0) is 34.9 Å². The van der Waals surface area contributed by atoms with E-state index in [0.29, 0.717) is 30.2 Å². The van der Waals surface area contributed by atoms with E-state index in [4.69, 9.17) is 9.47 Å². The Kier molecular flexibility index (Phi) is 4.59. The number of carbonyl (C=O) groups is 2. The normalized spacial score (nSPS) is 15.1. The van der Waals surface area contributed by atoms with Crippen molar-refractivity contribution in [1.29, 1.82) is 0 Å². The third kappa shape index (κ3) is 3.26. The second-order valence-corrected chi connectivity index (χ2v) is 7.31. The van der Waals surface area contributed by atoms with E-state index in [-0.39, 0.29) is 18.6 Å². The Bertz CT molecular complexity index is 1110. The molecule has 2 aliphatic rings. The van der Waals surface area contributed by atoms with Crippen molar-refractivity contribution in [1.82, 2.24) is 10.2 Å². The van der Waals surface area contributed by atoms with Gasteiger partial charge in [-0.2, -0.15) is 0 Å². The summed E-state index contributed by atoms with van der Waals surface area (Å²) >= 11 is 0. The Morgan fingerprint density at radius 1 is 0.967 bits per heavy atom. The average Bonchev–Trinajstić information content (AvgIpc) is 3.38. The van der Waals surface area contributed by atoms with Gasteiger partial charge in [-0.1, -0.05) is 54.6 Å². The zero-order valence-electron chi connectivity index (χ0n) is 16.2. The zero-order valence-corrected chi connectivity index (χ0v) is 16.2. The van der Waals surface area contributed by atoms with E-state index in [1.54, 1.807) is 4.90 Å². The molecule has 0 aromatic heterocycles. The van der Waals surface area contributed by atoms with Crippen molar-refractivity contribution in [2.45, 2.75) is 19.1 Å². The molecule has 3 aromatic rings. The third-order valence-corrected chi connectivity index (χ3v) is 5.43. The fraction of sp³-hybridized carbons (Fsp3) is 0.167. The molecule has 0 saturated heterocycles. The van der Waals surface area contributed by atoms with Gasteiger partial charge in [-0.3, -0.25) is 9.59 Å². The van der Waals surface area contributed by atoms with Crippen LogP contribution >= 0.6 is 0 Å². The highest BCUT2D eigenvalue weighted by Gasteiger charge is 2.37. The Balaban J connectivity index is 1.39. The van der Waals surface area contributed by atoms with Crippen molar-refractivity contribution in [3.63, 3.8) is 0 Å². The summed E-state index contributed by atoms with van der Waals surface area (Å²) in [5.74, 6) is 1.02. The number of fused-ring (bicyclic) bond motifs is 2. The van der Waals surface area contributed by atoms with E-state index in [1.165, 1.54) is 0 Å². The summed E-state index contributed by atoms with van der Waals surface area (Å²) in [6.07, 6.45) is 0. The highest BCUT2D eigenvalue weighted by molar-refractivity contribution is 6.01. The molecule has 2 heterocycles. The molecule has 0 radical (unpaired) electrons. The van der Waals surface area contributed by atoms with Crippen LogP contribution in [0.2, 0.25) is 0 Å². The van der Waals surface area contributed by atoms with Gasteiger partial charge in [0, 0.05) is 18.7 Å². The molecule has 0 unspecified atom stereocenters. The topological polar surface area (TPSA) is 67.9 Å². The van der Waals surface area contributed by atoms with E-state index in [2.05, 4.69) is 5.32 Å². The molecule has 0 bridgehead atoms. The summed E-state index contributed by atoms with van der Waals surface area (Å²) in [4.78, 5) is 27.9. The molecule has 3 aromatic carbocycles. The molecule has 6 nitrogen and oxygen atoms in total. The number of hydrogen-bond acceptors (Lipinski definition) is 4. The van der Waals surface area contributed by atoms with Crippen molar-refractivity contribution in [3.8, 4) is 11.5 Å². The fourth-order valence-electron chi connectivity index (χ4n) is 3.93. The quantitative estimate of drug-likeness (QED) is 0.713. The van der Waals surface area contributed by atoms with Crippen LogP contribution < -0.4 is 14.8 Å². The monoisotopic (exact) mass is 400 g/mol. The summed E-state index contributed by atoms with van der Waals surface area (Å²) in [5.41, 5.74) is 3.27. The highest BCUT2D eigenvalue weighted by Crippen LogP contribution is 2.33. The Labute approximate surface area is 174 Å². The largest absolute Gasteiger partial charge is 0.454 e. The number of amides is 2. The van der Waals surface area contributed by atoms with Gasteiger partial charge in [-0.25, -0.2) is 0 Å². The van der Waals surface area contributed by atoms with Crippen LogP contribution in [0.3, 0.4) is 0 Å². The molecular formula is C24H20N2O4. The maximum atomic E-state index is 13.3. The van der Waals surface area contributed by atoms with Gasteiger partial charge in [0.05, 0.1) is 0 Å². The molecular weight excluding hydrogens is 380 g/mol. The fourth-order valence-corrected chi connectivity index (χ4v) is 3.93. The number of ether oxygens (including phenoxy) is 2. The standard InChI is InChI=1S/C24H20N2O4/c27-23(25-13-16-10-11-20-21(12-16)30-15-29-20)22(17-6-2-1-3-7-17)26-14-18-8-4-5-9-19(18)24(26)28/h1-12,22H,13-15H2,(H,25,27)/t22-/m1/s1. The van der Waals surface area contributed by atoms with E-state index in [0.717, 1.165) is 16.7 Å². The van der Waals surface area contributed by atoms with E-state index < -0.39 is 6.04 Å². The number of nitrogens with one attached hydrogen (secondary N) is 1. The lowest BCUT2D eigenvalue weighted by Gasteiger charge is -2.27. The Morgan fingerprint density at radius 3 is 2.57 bits per heavy atom. The molecule has 0 fully saturated rings. The van der Waals surface area contributed by atoms with Crippen LogP contribution in [0.4, 0.5) is 0 Å². The zero-order chi connectivity index (χ0) is 20.5. The van der Waals surface area contributed by atoms with Gasteiger partial charge in [0.25, 0.3) is 5.91 Å². The van der Waals surface area contributed by atoms with Gasteiger partial charge >= 0.3 is 0 Å². The maximum Gasteiger partial charge on any atom is 0.255 e. The van der Waals surface area contributed by atoms with E-state index in [1.807, 2.05) is 72.8 Å². The van der Waals surface area contributed by atoms with Gasteiger partial charge in [0.2, 0.25) is 12.7 Å². The van der Waals surface area contributed by atoms with Crippen LogP contribution in [0.5, 0.6) is 11.5 Å². The number of carbonyl (C=O) groups excluding carboxylic acids is 2. The first-order valence-corrected chi connectivity index (χ1v) is 9.81. The summed E-state index contributed by atoms with van der Waals surface area (Å²) in [7, 11) is 0. The van der Waals surface area contributed by atoms with E-state index in [9.17, 15) is 9.59 Å². The van der Waals surface area contributed by atoms with Crippen LogP contribution in [0.15, 0.2) is 72.8 Å². The van der Waals surface area contributed by atoms with Crippen molar-refractivity contribution in [3.05, 3.63) is 95.1 Å². The predicted octanol–water partition coefficient (Wildman–Crippen LogP) is 3.43. The average molecular weight is 400 g/mol. The summed E-state index contributed by atoms with van der Waals surface area (Å²) in [6.45, 7) is 0.943. The molecule has 1 N–H and O–H groups in total. The molecule has 0 spiro atoms. The number of rotatable bonds is 5. The van der Waals surface area contributed by atoms with Crippen LogP contribution in [-0.2, 0) is 17.9 Å². The minimum absolute atomic E-state index is 0.127. The SMILES string of the molecule is O=C(NCc1ccc2c(c1)OCO2)[C@@H](c1ccccc1)N1Cc2ccccc2C1=O. The van der Waals surface area contributed by atoms with E-state index >= 15 is 0 Å². The van der Waals surface area contributed by atoms with Gasteiger partial charge in [0.15, 0.2) is 11.5 Å². The molecule has 30 heavy (non-hydrogen) atoms. The first-order chi connectivity index (χ1) is 14.7. The van der Waals surface area contributed by atoms with Gasteiger partial charge in [-0.15, -0.1) is 0 Å². The Hall–Kier alpha value is -3.80. The molecule has 0 aliphatic carbocycles. The van der Waals surface area contributed by atoms with Crippen molar-refractivity contribution in [2.24, 2.45) is 0 Å². The predicted molar refractivity (Wildman–Crippen MR) is 110 cm³/mol. The minimum atomic E-state index is -0.708. The number of nitrogens with zero attached hydrogens (tertiary/aromatic N) is 1. The maximum absolute atomic E-state index is 13.3. The molecule has 2 aliphatic heterocycles. The second-order valence-electron chi connectivity index (χ2n) is 7.31. The lowest BCUT2D eigenvalue weighted by atomic mass is 10.0. The van der Waals surface area contributed by atoms with Crippen molar-refractivity contribution >= 4 is 11.8 Å². The third-order valence-electron chi connectivity index (χ3n) is 5.43.